The molecule has 3 N–H and O–H groups in total. The van der Waals surface area contributed by atoms with Gasteiger partial charge in [0.15, 0.2) is 0 Å². The van der Waals surface area contributed by atoms with Crippen LogP contribution in [0.5, 0.6) is 0 Å². The number of hydrazine groups is 1. The number of rotatable bonds is 7. The third-order valence-electron chi connectivity index (χ3n) is 3.37. The molecule has 5 nitrogen and oxygen atoms in total. The highest BCUT2D eigenvalue weighted by atomic mass is 16.5. The second-order valence-electron chi connectivity index (χ2n) is 5.34. The molecule has 0 radical (unpaired) electrons. The molecule has 18 heavy (non-hydrogen) atoms. The van der Waals surface area contributed by atoms with Gasteiger partial charge < -0.3 is 4.74 Å². The maximum absolute atomic E-state index is 5.64. The lowest BCUT2D eigenvalue weighted by Crippen LogP contribution is -2.42. The number of hydrogen-bond donors (Lipinski definition) is 2. The Morgan fingerprint density at radius 1 is 1.56 bits per heavy atom. The van der Waals surface area contributed by atoms with Crippen LogP contribution in [0.25, 0.3) is 0 Å². The first-order valence-electron chi connectivity index (χ1n) is 6.45. The lowest BCUT2D eigenvalue weighted by molar-refractivity contribution is 0.00697. The summed E-state index contributed by atoms with van der Waals surface area (Å²) in [5.74, 6) is 5.64. The molecule has 1 atom stereocenters. The molecule has 104 valence electrons. The van der Waals surface area contributed by atoms with Crippen molar-refractivity contribution in [3.63, 3.8) is 0 Å². The lowest BCUT2D eigenvalue weighted by Gasteiger charge is -2.28. The van der Waals surface area contributed by atoms with E-state index in [1.807, 2.05) is 11.7 Å². The number of nitrogens with one attached hydrogen (secondary N) is 1. The van der Waals surface area contributed by atoms with Crippen LogP contribution in [-0.2, 0) is 24.6 Å². The van der Waals surface area contributed by atoms with E-state index in [9.17, 15) is 0 Å². The van der Waals surface area contributed by atoms with Crippen LogP contribution in [-0.4, -0.2) is 28.5 Å². The zero-order chi connectivity index (χ0) is 13.8. The Labute approximate surface area is 110 Å². The van der Waals surface area contributed by atoms with Gasteiger partial charge in [-0.05, 0) is 32.8 Å². The highest BCUT2D eigenvalue weighted by Gasteiger charge is 2.23. The maximum Gasteiger partial charge on any atom is 0.0638 e. The molecule has 0 saturated carbocycles. The van der Waals surface area contributed by atoms with E-state index in [0.717, 1.165) is 25.0 Å². The van der Waals surface area contributed by atoms with Crippen LogP contribution in [0.4, 0.5) is 0 Å². The van der Waals surface area contributed by atoms with Crippen LogP contribution in [0.15, 0.2) is 6.07 Å². The summed E-state index contributed by atoms with van der Waals surface area (Å²) in [6.07, 6.45) is 2.66. The zero-order valence-corrected chi connectivity index (χ0v) is 12.2. The molecule has 0 aromatic carbocycles. The van der Waals surface area contributed by atoms with E-state index in [0.29, 0.717) is 0 Å². The number of nitrogens with zero attached hydrogens (tertiary/aromatic N) is 2. The predicted octanol–water partition coefficient (Wildman–Crippen LogP) is 1.17. The van der Waals surface area contributed by atoms with Crippen molar-refractivity contribution in [3.8, 4) is 0 Å². The predicted molar refractivity (Wildman–Crippen MR) is 73.1 cm³/mol. The van der Waals surface area contributed by atoms with Crippen molar-refractivity contribution in [3.05, 3.63) is 17.5 Å². The van der Waals surface area contributed by atoms with E-state index in [1.165, 1.54) is 5.69 Å². The van der Waals surface area contributed by atoms with E-state index < -0.39 is 0 Å². The molecule has 0 aliphatic carbocycles. The Morgan fingerprint density at radius 2 is 2.22 bits per heavy atom. The van der Waals surface area contributed by atoms with Gasteiger partial charge in [0.2, 0.25) is 0 Å². The SMILES string of the molecule is CCc1cc(CC(CC(C)(C)OC)NN)n(C)n1. The Morgan fingerprint density at radius 3 is 2.67 bits per heavy atom. The van der Waals surface area contributed by atoms with Crippen molar-refractivity contribution < 1.29 is 4.74 Å². The fraction of sp³-hybridized carbons (Fsp3) is 0.769. The van der Waals surface area contributed by atoms with Crippen LogP contribution in [0.3, 0.4) is 0 Å². The number of aromatic nitrogens is 2. The molecule has 1 heterocycles. The van der Waals surface area contributed by atoms with Crippen molar-refractivity contribution in [2.75, 3.05) is 7.11 Å². The normalized spacial score (nSPS) is 13.9. The molecule has 5 heteroatoms. The monoisotopic (exact) mass is 254 g/mol. The number of hydrogen-bond acceptors (Lipinski definition) is 4. The number of methoxy groups -OCH3 is 1. The molecule has 0 aliphatic heterocycles. The van der Waals surface area contributed by atoms with Crippen molar-refractivity contribution in [1.29, 1.82) is 0 Å². The first-order chi connectivity index (χ1) is 8.41. The van der Waals surface area contributed by atoms with Gasteiger partial charge >= 0.3 is 0 Å². The summed E-state index contributed by atoms with van der Waals surface area (Å²) < 4.78 is 7.38. The van der Waals surface area contributed by atoms with Gasteiger partial charge in [-0.1, -0.05) is 6.92 Å². The van der Waals surface area contributed by atoms with E-state index in [-0.39, 0.29) is 11.6 Å². The molecule has 0 aliphatic rings. The number of aryl methyl sites for hydroxylation is 2. The number of nitrogens with two attached hydrogens (primary N) is 1. The van der Waals surface area contributed by atoms with E-state index in [2.05, 4.69) is 37.4 Å². The van der Waals surface area contributed by atoms with Gasteiger partial charge in [-0.25, -0.2) is 0 Å². The lowest BCUT2D eigenvalue weighted by atomic mass is 9.96. The minimum Gasteiger partial charge on any atom is -0.379 e. The van der Waals surface area contributed by atoms with Gasteiger partial charge in [0.25, 0.3) is 0 Å². The highest BCUT2D eigenvalue weighted by Crippen LogP contribution is 2.18. The molecule has 0 amide bonds. The van der Waals surface area contributed by atoms with Crippen LogP contribution < -0.4 is 11.3 Å². The van der Waals surface area contributed by atoms with Gasteiger partial charge in [-0.15, -0.1) is 0 Å². The third kappa shape index (κ3) is 4.08. The highest BCUT2D eigenvalue weighted by molar-refractivity contribution is 5.11. The van der Waals surface area contributed by atoms with Crippen LogP contribution in [0, 0.1) is 0 Å². The molecule has 1 rings (SSSR count). The fourth-order valence-electron chi connectivity index (χ4n) is 2.05. The average Bonchev–Trinajstić information content (AvgIpc) is 2.69. The molecule has 1 aromatic rings. The zero-order valence-electron chi connectivity index (χ0n) is 12.2. The summed E-state index contributed by atoms with van der Waals surface area (Å²) in [5, 5.41) is 4.45. The van der Waals surface area contributed by atoms with E-state index in [1.54, 1.807) is 7.11 Å². The quantitative estimate of drug-likeness (QED) is 0.566. The average molecular weight is 254 g/mol. The molecular formula is C13H26N4O. The Bertz CT molecular complexity index is 373. The van der Waals surface area contributed by atoms with Gasteiger partial charge in [0.1, 0.15) is 0 Å². The van der Waals surface area contributed by atoms with Gasteiger partial charge in [-0.3, -0.25) is 16.0 Å². The minimum absolute atomic E-state index is 0.177. The van der Waals surface area contributed by atoms with E-state index >= 15 is 0 Å². The third-order valence-corrected chi connectivity index (χ3v) is 3.37. The summed E-state index contributed by atoms with van der Waals surface area (Å²) in [5.41, 5.74) is 5.01. The first kappa shape index (κ1) is 15.1. The summed E-state index contributed by atoms with van der Waals surface area (Å²) >= 11 is 0. The maximum atomic E-state index is 5.64. The van der Waals surface area contributed by atoms with Crippen LogP contribution >= 0.6 is 0 Å². The summed E-state index contributed by atoms with van der Waals surface area (Å²) in [6, 6.07) is 2.32. The number of ether oxygens (including phenoxy) is 1. The van der Waals surface area contributed by atoms with Gasteiger partial charge in [-0.2, -0.15) is 5.10 Å². The standard InChI is InChI=1S/C13H26N4O/c1-6-10-7-12(17(4)16-10)8-11(15-14)9-13(2,3)18-5/h7,11,15H,6,8-9,14H2,1-5H3. The Hall–Kier alpha value is -0.910. The second kappa shape index (κ2) is 6.31. The Balaban J connectivity index is 2.70. The molecule has 0 fully saturated rings. The van der Waals surface area contributed by atoms with Crippen LogP contribution in [0.2, 0.25) is 0 Å². The fourth-order valence-corrected chi connectivity index (χ4v) is 2.05. The van der Waals surface area contributed by atoms with Gasteiger partial charge in [0, 0.05) is 32.3 Å². The molecule has 1 aromatic heterocycles. The van der Waals surface area contributed by atoms with Crippen molar-refractivity contribution in [1.82, 2.24) is 15.2 Å². The van der Waals surface area contributed by atoms with Crippen molar-refractivity contribution >= 4 is 0 Å². The van der Waals surface area contributed by atoms with Gasteiger partial charge in [0.05, 0.1) is 11.3 Å². The first-order valence-corrected chi connectivity index (χ1v) is 6.45. The smallest absolute Gasteiger partial charge is 0.0638 e. The van der Waals surface area contributed by atoms with Crippen molar-refractivity contribution in [2.24, 2.45) is 12.9 Å². The van der Waals surface area contributed by atoms with E-state index in [4.69, 9.17) is 10.6 Å². The Kier molecular flexibility index (Phi) is 5.31. The molecular weight excluding hydrogens is 228 g/mol. The largest absolute Gasteiger partial charge is 0.379 e. The van der Waals surface area contributed by atoms with Crippen LogP contribution in [0.1, 0.15) is 38.6 Å². The summed E-state index contributed by atoms with van der Waals surface area (Å²) in [6.45, 7) is 6.24. The molecule has 0 bridgehead atoms. The summed E-state index contributed by atoms with van der Waals surface area (Å²) in [4.78, 5) is 0. The van der Waals surface area contributed by atoms with Crippen molar-refractivity contribution in [2.45, 2.75) is 51.7 Å². The molecule has 0 spiro atoms. The topological polar surface area (TPSA) is 65.1 Å². The second-order valence-corrected chi connectivity index (χ2v) is 5.34. The summed E-state index contributed by atoms with van der Waals surface area (Å²) in [7, 11) is 3.70. The molecule has 0 saturated heterocycles. The molecule has 1 unspecified atom stereocenters. The minimum atomic E-state index is -0.177.